The van der Waals surface area contributed by atoms with E-state index in [0.717, 1.165) is 30.4 Å². The lowest BCUT2D eigenvalue weighted by Crippen LogP contribution is -1.88. The molecule has 0 aliphatic rings. The maximum Gasteiger partial charge on any atom is 0.805 e. The highest BCUT2D eigenvalue weighted by atomic mass is 31.1. The van der Waals surface area contributed by atoms with E-state index in [9.17, 15) is 9.13 Å². The Morgan fingerprint density at radius 3 is 1.90 bits per heavy atom. The van der Waals surface area contributed by atoms with E-state index in [0.29, 0.717) is 18.1 Å². The van der Waals surface area contributed by atoms with E-state index >= 15 is 0 Å². The quantitative estimate of drug-likeness (QED) is 0.166. The summed E-state index contributed by atoms with van der Waals surface area (Å²) in [7, 11) is -2.46. The van der Waals surface area contributed by atoms with Crippen molar-refractivity contribution >= 4 is 16.9 Å². The van der Waals surface area contributed by atoms with E-state index in [2.05, 4.69) is 11.1 Å². The van der Waals surface area contributed by atoms with Crippen LogP contribution >= 0.6 is 16.9 Å². The lowest BCUT2D eigenvalue weighted by atomic mass is 10.1. The summed E-state index contributed by atoms with van der Waals surface area (Å²) in [6.45, 7) is 4.16. The molecule has 31 heavy (non-hydrogen) atoms. The third kappa shape index (κ3) is 10.1. The predicted molar refractivity (Wildman–Crippen MR) is 125 cm³/mol. The molecule has 0 heterocycles. The SMILES string of the molecule is C=CCCCCOP=O.O=[P+](Oc1ccccc1)Oc1ccc(-c2ccccc2)cc1. The molecule has 0 aliphatic heterocycles. The fourth-order valence-corrected chi connectivity index (χ4v) is 3.33. The second kappa shape index (κ2) is 15.0. The fourth-order valence-electron chi connectivity index (χ4n) is 2.50. The normalized spacial score (nSPS) is 10.5. The van der Waals surface area contributed by atoms with Gasteiger partial charge in [-0.2, -0.15) is 0 Å². The Morgan fingerprint density at radius 2 is 1.32 bits per heavy atom. The van der Waals surface area contributed by atoms with E-state index in [-0.39, 0.29) is 8.69 Å². The summed E-state index contributed by atoms with van der Waals surface area (Å²) >= 11 is 0. The zero-order valence-corrected chi connectivity index (χ0v) is 18.9. The Labute approximate surface area is 185 Å². The van der Waals surface area contributed by atoms with Gasteiger partial charge in [0.25, 0.3) is 0 Å². The van der Waals surface area contributed by atoms with Crippen molar-refractivity contribution in [3.8, 4) is 22.6 Å². The van der Waals surface area contributed by atoms with Crippen LogP contribution in [0.3, 0.4) is 0 Å². The van der Waals surface area contributed by atoms with Crippen molar-refractivity contribution in [3.05, 3.63) is 97.6 Å². The first-order chi connectivity index (χ1) is 15.2. The van der Waals surface area contributed by atoms with Crippen molar-refractivity contribution in [2.75, 3.05) is 6.61 Å². The highest BCUT2D eigenvalue weighted by Crippen LogP contribution is 2.31. The molecule has 3 aromatic rings. The molecule has 0 fully saturated rings. The number of allylic oxidation sites excluding steroid dienone is 1. The summed E-state index contributed by atoms with van der Waals surface area (Å²) < 4.78 is 36.6. The molecule has 0 bridgehead atoms. The Morgan fingerprint density at radius 1 is 0.774 bits per heavy atom. The molecule has 1 atom stereocenters. The van der Waals surface area contributed by atoms with Crippen molar-refractivity contribution in [1.82, 2.24) is 0 Å². The zero-order chi connectivity index (χ0) is 22.2. The first-order valence-electron chi connectivity index (χ1n) is 9.82. The molecule has 160 valence electrons. The minimum atomic E-state index is -2.25. The minimum Gasteiger partial charge on any atom is -0.294 e. The van der Waals surface area contributed by atoms with Crippen LogP contribution in [0.15, 0.2) is 97.6 Å². The van der Waals surface area contributed by atoms with Gasteiger partial charge in [-0.3, -0.25) is 4.52 Å². The second-order valence-electron chi connectivity index (χ2n) is 6.30. The van der Waals surface area contributed by atoms with Crippen LogP contribution in [-0.4, -0.2) is 6.61 Å². The average Bonchev–Trinajstić information content (AvgIpc) is 2.81. The maximum atomic E-state index is 11.8. The van der Waals surface area contributed by atoms with Gasteiger partial charge in [-0.25, -0.2) is 13.6 Å². The van der Waals surface area contributed by atoms with E-state index in [1.165, 1.54) is 0 Å². The van der Waals surface area contributed by atoms with Crippen molar-refractivity contribution < 1.29 is 22.7 Å². The Kier molecular flexibility index (Phi) is 11.8. The molecule has 0 amide bonds. The summed E-state index contributed by atoms with van der Waals surface area (Å²) in [5.74, 6) is 1.03. The molecule has 3 rings (SSSR count). The minimum absolute atomic E-state index is 0.211. The molecule has 0 saturated carbocycles. The Balaban J connectivity index is 0.000000323. The van der Waals surface area contributed by atoms with Gasteiger partial charge in [0, 0.05) is 4.57 Å². The van der Waals surface area contributed by atoms with E-state index in [1.807, 2.05) is 66.7 Å². The zero-order valence-electron chi connectivity index (χ0n) is 17.1. The standard InChI is InChI=1S/C18H14O3P.C6H11O2P/c19-22(20-17-9-5-2-6-10-17)21-18-13-11-16(12-14-18)15-7-3-1-4-8-15;1-2-3-4-5-6-8-9-7/h1-14H;2H,1,3-6H2/q+1;. The van der Waals surface area contributed by atoms with Gasteiger partial charge < -0.3 is 0 Å². The predicted octanol–water partition coefficient (Wildman–Crippen LogP) is 8.03. The highest BCUT2D eigenvalue weighted by molar-refractivity contribution is 7.34. The molecule has 0 aromatic heterocycles. The van der Waals surface area contributed by atoms with Gasteiger partial charge in [-0.1, -0.05) is 66.7 Å². The van der Waals surface area contributed by atoms with Crippen molar-refractivity contribution in [1.29, 1.82) is 0 Å². The Hall–Kier alpha value is -2.84. The molecule has 0 saturated heterocycles. The summed E-state index contributed by atoms with van der Waals surface area (Å²) in [6, 6.07) is 26.4. The molecule has 7 heteroatoms. The average molecular weight is 455 g/mol. The van der Waals surface area contributed by atoms with Gasteiger partial charge in [-0.05, 0) is 54.7 Å². The number of hydrogen-bond donors (Lipinski definition) is 0. The molecule has 5 nitrogen and oxygen atoms in total. The van der Waals surface area contributed by atoms with E-state index < -0.39 is 8.25 Å². The van der Waals surface area contributed by atoms with Gasteiger partial charge in [0.1, 0.15) is 0 Å². The molecular formula is C24H25O5P2+. The fraction of sp³-hybridized carbons (Fsp3) is 0.167. The summed E-state index contributed by atoms with van der Waals surface area (Å²) in [6.07, 6.45) is 4.91. The van der Waals surface area contributed by atoms with Gasteiger partial charge in [0.05, 0.1) is 6.61 Å². The van der Waals surface area contributed by atoms with Crippen LogP contribution in [0.4, 0.5) is 0 Å². The molecule has 0 aliphatic carbocycles. The van der Waals surface area contributed by atoms with Crippen LogP contribution in [-0.2, 0) is 13.7 Å². The van der Waals surface area contributed by atoms with E-state index in [4.69, 9.17) is 9.05 Å². The van der Waals surface area contributed by atoms with Crippen LogP contribution in [0.25, 0.3) is 11.1 Å². The molecule has 1 unspecified atom stereocenters. The molecule has 0 spiro atoms. The Bertz CT molecular complexity index is 906. The van der Waals surface area contributed by atoms with Crippen molar-refractivity contribution in [2.24, 2.45) is 0 Å². The maximum absolute atomic E-state index is 11.8. The number of para-hydroxylation sites is 1. The first-order valence-corrected chi connectivity index (χ1v) is 11.6. The number of unbranched alkanes of at least 4 members (excludes halogenated alkanes) is 2. The van der Waals surface area contributed by atoms with Gasteiger partial charge in [0.15, 0.2) is 11.5 Å². The summed E-state index contributed by atoms with van der Waals surface area (Å²) in [4.78, 5) is 0. The van der Waals surface area contributed by atoms with Gasteiger partial charge in [-0.15, -0.1) is 6.58 Å². The summed E-state index contributed by atoms with van der Waals surface area (Å²) in [5, 5.41) is 0. The second-order valence-corrected chi connectivity index (χ2v) is 7.52. The monoisotopic (exact) mass is 455 g/mol. The lowest BCUT2D eigenvalue weighted by molar-refractivity contribution is 0.331. The smallest absolute Gasteiger partial charge is 0.294 e. The third-order valence-corrected chi connectivity index (χ3v) is 5.02. The topological polar surface area (TPSA) is 61.8 Å². The van der Waals surface area contributed by atoms with Crippen LogP contribution in [0.2, 0.25) is 0 Å². The third-order valence-electron chi connectivity index (χ3n) is 4.01. The van der Waals surface area contributed by atoms with Crippen LogP contribution in [0, 0.1) is 0 Å². The van der Waals surface area contributed by atoms with Gasteiger partial charge in [0.2, 0.25) is 0 Å². The lowest BCUT2D eigenvalue weighted by Gasteiger charge is -2.01. The number of benzene rings is 3. The molecule has 0 N–H and O–H groups in total. The van der Waals surface area contributed by atoms with Crippen LogP contribution < -0.4 is 9.05 Å². The summed E-state index contributed by atoms with van der Waals surface area (Å²) in [5.41, 5.74) is 2.20. The van der Waals surface area contributed by atoms with Crippen LogP contribution in [0.5, 0.6) is 11.5 Å². The highest BCUT2D eigenvalue weighted by Gasteiger charge is 2.23. The number of hydrogen-bond acceptors (Lipinski definition) is 5. The molecule has 0 radical (unpaired) electrons. The first kappa shape index (κ1) is 24.4. The largest absolute Gasteiger partial charge is 0.805 e. The van der Waals surface area contributed by atoms with Crippen molar-refractivity contribution in [3.63, 3.8) is 0 Å². The number of rotatable bonds is 11. The van der Waals surface area contributed by atoms with Gasteiger partial charge >= 0.3 is 16.9 Å². The molecular weight excluding hydrogens is 430 g/mol. The van der Waals surface area contributed by atoms with E-state index in [1.54, 1.807) is 24.3 Å². The van der Waals surface area contributed by atoms with Crippen molar-refractivity contribution in [2.45, 2.75) is 19.3 Å². The van der Waals surface area contributed by atoms with Crippen LogP contribution in [0.1, 0.15) is 19.3 Å². The molecule has 3 aromatic carbocycles.